The van der Waals surface area contributed by atoms with Gasteiger partial charge in [0.25, 0.3) is 5.91 Å². The van der Waals surface area contributed by atoms with E-state index < -0.39 is 0 Å². The first kappa shape index (κ1) is 14.9. The fourth-order valence-electron chi connectivity index (χ4n) is 2.35. The molecule has 5 heteroatoms. The SMILES string of the molecule is CCc1cccc2sc(=NC(=O)C=Cc3cccs3)n(C)c12. The average molecular weight is 328 g/mol. The zero-order valence-corrected chi connectivity index (χ0v) is 14.1. The van der Waals surface area contributed by atoms with Crippen molar-refractivity contribution >= 4 is 44.9 Å². The number of hydrogen-bond acceptors (Lipinski definition) is 3. The van der Waals surface area contributed by atoms with Gasteiger partial charge in [-0.15, -0.1) is 11.3 Å². The molecule has 3 rings (SSSR count). The van der Waals surface area contributed by atoms with Gasteiger partial charge >= 0.3 is 0 Å². The lowest BCUT2D eigenvalue weighted by atomic mass is 10.1. The Hall–Kier alpha value is -1.98. The number of nitrogens with zero attached hydrogens (tertiary/aromatic N) is 2. The van der Waals surface area contributed by atoms with Crippen LogP contribution in [0.5, 0.6) is 0 Å². The predicted octanol–water partition coefficient (Wildman–Crippen LogP) is 4.00. The lowest BCUT2D eigenvalue weighted by Gasteiger charge is -2.01. The van der Waals surface area contributed by atoms with Gasteiger partial charge in [0.1, 0.15) is 0 Å². The van der Waals surface area contributed by atoms with E-state index in [-0.39, 0.29) is 5.91 Å². The molecular weight excluding hydrogens is 312 g/mol. The monoisotopic (exact) mass is 328 g/mol. The van der Waals surface area contributed by atoms with Crippen LogP contribution in [0.2, 0.25) is 0 Å². The molecule has 0 aliphatic carbocycles. The van der Waals surface area contributed by atoms with Gasteiger partial charge in [-0.25, -0.2) is 0 Å². The molecule has 3 aromatic rings. The van der Waals surface area contributed by atoms with Crippen molar-refractivity contribution in [2.45, 2.75) is 13.3 Å². The van der Waals surface area contributed by atoms with Gasteiger partial charge in [-0.2, -0.15) is 4.99 Å². The fourth-order valence-corrected chi connectivity index (χ4v) is 4.04. The molecule has 0 N–H and O–H groups in total. The third-order valence-electron chi connectivity index (χ3n) is 3.43. The van der Waals surface area contributed by atoms with Crippen LogP contribution in [0.1, 0.15) is 17.4 Å². The number of carbonyl (C=O) groups excluding carboxylic acids is 1. The fraction of sp³-hybridized carbons (Fsp3) is 0.176. The number of para-hydroxylation sites is 1. The summed E-state index contributed by atoms with van der Waals surface area (Å²) in [6.07, 6.45) is 4.30. The van der Waals surface area contributed by atoms with Gasteiger partial charge in [0.05, 0.1) is 10.2 Å². The molecule has 0 atom stereocenters. The summed E-state index contributed by atoms with van der Waals surface area (Å²) in [4.78, 5) is 18.1. The van der Waals surface area contributed by atoms with Gasteiger partial charge in [0.15, 0.2) is 4.80 Å². The van der Waals surface area contributed by atoms with Crippen LogP contribution in [0.25, 0.3) is 16.3 Å². The Balaban J connectivity index is 1.99. The minimum absolute atomic E-state index is 0.228. The summed E-state index contributed by atoms with van der Waals surface area (Å²) in [6.45, 7) is 2.14. The van der Waals surface area contributed by atoms with Gasteiger partial charge in [0, 0.05) is 18.0 Å². The minimum atomic E-state index is -0.228. The summed E-state index contributed by atoms with van der Waals surface area (Å²) >= 11 is 3.15. The van der Waals surface area contributed by atoms with Crippen molar-refractivity contribution in [1.82, 2.24) is 4.57 Å². The third-order valence-corrected chi connectivity index (χ3v) is 5.36. The largest absolute Gasteiger partial charge is 0.319 e. The van der Waals surface area contributed by atoms with Crippen LogP contribution < -0.4 is 4.80 Å². The smallest absolute Gasteiger partial charge is 0.272 e. The zero-order valence-electron chi connectivity index (χ0n) is 12.4. The highest BCUT2D eigenvalue weighted by atomic mass is 32.1. The normalized spacial score (nSPS) is 12.5. The molecule has 112 valence electrons. The highest BCUT2D eigenvalue weighted by Gasteiger charge is 2.07. The Labute approximate surface area is 136 Å². The summed E-state index contributed by atoms with van der Waals surface area (Å²) < 4.78 is 3.17. The van der Waals surface area contributed by atoms with Crippen LogP contribution in [0.4, 0.5) is 0 Å². The second-order valence-corrected chi connectivity index (χ2v) is 6.85. The number of thiazole rings is 1. The Kier molecular flexibility index (Phi) is 4.36. The maximum absolute atomic E-state index is 12.0. The maximum atomic E-state index is 12.0. The molecule has 0 fully saturated rings. The molecule has 3 nitrogen and oxygen atoms in total. The third kappa shape index (κ3) is 2.96. The molecule has 0 saturated heterocycles. The van der Waals surface area contributed by atoms with Crippen molar-refractivity contribution in [1.29, 1.82) is 0 Å². The number of benzene rings is 1. The highest BCUT2D eigenvalue weighted by Crippen LogP contribution is 2.21. The molecule has 0 aliphatic rings. The molecule has 0 aliphatic heterocycles. The van der Waals surface area contributed by atoms with E-state index in [2.05, 4.69) is 30.1 Å². The summed E-state index contributed by atoms with van der Waals surface area (Å²) in [7, 11) is 1.97. The minimum Gasteiger partial charge on any atom is -0.319 e. The topological polar surface area (TPSA) is 34.4 Å². The van der Waals surface area contributed by atoms with E-state index in [4.69, 9.17) is 0 Å². The Morgan fingerprint density at radius 3 is 2.91 bits per heavy atom. The van der Waals surface area contributed by atoms with Gasteiger partial charge in [-0.1, -0.05) is 36.5 Å². The van der Waals surface area contributed by atoms with Crippen molar-refractivity contribution < 1.29 is 4.79 Å². The van der Waals surface area contributed by atoms with E-state index in [9.17, 15) is 4.79 Å². The van der Waals surface area contributed by atoms with Crippen LogP contribution >= 0.6 is 22.7 Å². The molecule has 0 spiro atoms. The van der Waals surface area contributed by atoms with Crippen molar-refractivity contribution in [3.05, 3.63) is 57.0 Å². The summed E-state index contributed by atoms with van der Waals surface area (Å²) in [5.74, 6) is -0.228. The van der Waals surface area contributed by atoms with E-state index in [0.717, 1.165) is 20.8 Å². The zero-order chi connectivity index (χ0) is 15.5. The summed E-state index contributed by atoms with van der Waals surface area (Å²) in [5.41, 5.74) is 2.45. The van der Waals surface area contributed by atoms with Crippen molar-refractivity contribution in [2.24, 2.45) is 12.0 Å². The molecule has 22 heavy (non-hydrogen) atoms. The number of aromatic nitrogens is 1. The number of carbonyl (C=O) groups is 1. The molecule has 2 aromatic heterocycles. The quantitative estimate of drug-likeness (QED) is 0.669. The summed E-state index contributed by atoms with van der Waals surface area (Å²) in [6, 6.07) is 10.2. The van der Waals surface area contributed by atoms with Crippen molar-refractivity contribution in [3.63, 3.8) is 0 Å². The molecule has 2 heterocycles. The molecule has 0 radical (unpaired) electrons. The first-order valence-corrected chi connectivity index (χ1v) is 8.76. The Bertz CT molecular complexity index is 899. The number of hydrogen-bond donors (Lipinski definition) is 0. The average Bonchev–Trinajstić information content (AvgIpc) is 3.14. The summed E-state index contributed by atoms with van der Waals surface area (Å²) in [5, 5.41) is 1.99. The molecule has 0 bridgehead atoms. The predicted molar refractivity (Wildman–Crippen MR) is 94.1 cm³/mol. The van der Waals surface area contributed by atoms with Crippen LogP contribution in [0.3, 0.4) is 0 Å². The number of aryl methyl sites for hydroxylation is 2. The molecule has 0 saturated carbocycles. The van der Waals surface area contributed by atoms with Crippen molar-refractivity contribution in [2.75, 3.05) is 0 Å². The maximum Gasteiger partial charge on any atom is 0.272 e. The van der Waals surface area contributed by atoms with Crippen LogP contribution in [0, 0.1) is 0 Å². The Morgan fingerprint density at radius 2 is 2.18 bits per heavy atom. The van der Waals surface area contributed by atoms with E-state index in [1.165, 1.54) is 17.2 Å². The van der Waals surface area contributed by atoms with Gasteiger partial charge in [-0.3, -0.25) is 4.79 Å². The van der Waals surface area contributed by atoms with E-state index >= 15 is 0 Å². The lowest BCUT2D eigenvalue weighted by molar-refractivity contribution is -0.113. The van der Waals surface area contributed by atoms with Crippen LogP contribution in [-0.2, 0) is 18.3 Å². The number of thiophene rings is 1. The van der Waals surface area contributed by atoms with E-state index in [1.54, 1.807) is 28.7 Å². The van der Waals surface area contributed by atoms with Gasteiger partial charge < -0.3 is 4.57 Å². The molecular formula is C17H16N2OS2. The van der Waals surface area contributed by atoms with Crippen LogP contribution in [-0.4, -0.2) is 10.5 Å². The second kappa shape index (κ2) is 6.42. The second-order valence-electron chi connectivity index (χ2n) is 4.86. The molecule has 1 amide bonds. The van der Waals surface area contributed by atoms with Crippen LogP contribution in [0.15, 0.2) is 46.8 Å². The lowest BCUT2D eigenvalue weighted by Crippen LogP contribution is -2.12. The molecule has 1 aromatic carbocycles. The van der Waals surface area contributed by atoms with Gasteiger partial charge in [0.2, 0.25) is 0 Å². The first-order chi connectivity index (χ1) is 10.7. The Morgan fingerprint density at radius 1 is 1.32 bits per heavy atom. The number of rotatable bonds is 3. The van der Waals surface area contributed by atoms with Crippen molar-refractivity contribution in [3.8, 4) is 0 Å². The highest BCUT2D eigenvalue weighted by molar-refractivity contribution is 7.16. The van der Waals surface area contributed by atoms with Gasteiger partial charge in [-0.05, 0) is 35.6 Å². The van der Waals surface area contributed by atoms with E-state index in [0.29, 0.717) is 0 Å². The molecule has 0 unspecified atom stereocenters. The number of fused-ring (bicyclic) bond motifs is 1. The standard InChI is InChI=1S/C17H16N2OS2/c1-3-12-6-4-8-14-16(12)19(2)17(22-14)18-15(20)10-9-13-7-5-11-21-13/h4-11H,3H2,1-2H3. The number of amides is 1. The van der Waals surface area contributed by atoms with E-state index in [1.807, 2.05) is 29.1 Å². The first-order valence-electron chi connectivity index (χ1n) is 7.06.